The highest BCUT2D eigenvalue weighted by Crippen LogP contribution is 2.46. The number of carbonyl (C=O) groups excluding carboxylic acids is 1. The Morgan fingerprint density at radius 1 is 1.23 bits per heavy atom. The molecule has 3 aromatic rings. The summed E-state index contributed by atoms with van der Waals surface area (Å²) >= 11 is 2.73. The van der Waals surface area contributed by atoms with Gasteiger partial charge < -0.3 is 4.90 Å². The van der Waals surface area contributed by atoms with Crippen molar-refractivity contribution in [1.82, 2.24) is 14.6 Å². The van der Waals surface area contributed by atoms with Crippen molar-refractivity contribution < 1.29 is 4.79 Å². The molecule has 3 heterocycles. The summed E-state index contributed by atoms with van der Waals surface area (Å²) in [7, 11) is 1.87. The van der Waals surface area contributed by atoms with E-state index in [1.807, 2.05) is 65.0 Å². The van der Waals surface area contributed by atoms with Crippen LogP contribution in [0.15, 0.2) is 69.3 Å². The maximum Gasteiger partial charge on any atom is 0.196 e. The fraction of sp³-hybridized carbons (Fsp3) is 0.111. The number of rotatable bonds is 4. The van der Waals surface area contributed by atoms with E-state index in [1.54, 1.807) is 0 Å². The van der Waals surface area contributed by atoms with E-state index in [2.05, 4.69) is 16.3 Å². The smallest absolute Gasteiger partial charge is 0.196 e. The van der Waals surface area contributed by atoms with E-state index in [0.29, 0.717) is 10.2 Å². The number of aromatic nitrogens is 3. The molecule has 0 fully saturated rings. The normalized spacial score (nSPS) is 15.0. The predicted octanol–water partition coefficient (Wildman–Crippen LogP) is 3.37. The Hall–Kier alpha value is -2.76. The number of Topliss-reactive ketones (excluding diaryl/α,β-unsaturated/α-hetero) is 1. The number of hydrogen-bond donors (Lipinski definition) is 0. The first-order valence-electron chi connectivity index (χ1n) is 7.80. The summed E-state index contributed by atoms with van der Waals surface area (Å²) in [4.78, 5) is 15.6. The number of nitriles is 1. The Kier molecular flexibility index (Phi) is 4.41. The number of benzene rings is 1. The highest BCUT2D eigenvalue weighted by atomic mass is 32.2. The van der Waals surface area contributed by atoms with E-state index >= 15 is 0 Å². The molecule has 26 heavy (non-hydrogen) atoms. The largest absolute Gasteiger partial charge is 0.337 e. The molecule has 0 amide bonds. The lowest BCUT2D eigenvalue weighted by atomic mass is 10.2. The fourth-order valence-corrected chi connectivity index (χ4v) is 4.63. The Morgan fingerprint density at radius 3 is 2.85 bits per heavy atom. The van der Waals surface area contributed by atoms with Crippen LogP contribution in [0.25, 0.3) is 5.65 Å². The van der Waals surface area contributed by atoms with E-state index in [9.17, 15) is 10.1 Å². The van der Waals surface area contributed by atoms with E-state index in [0.717, 1.165) is 16.2 Å². The van der Waals surface area contributed by atoms with E-state index in [4.69, 9.17) is 0 Å². The summed E-state index contributed by atoms with van der Waals surface area (Å²) in [6.45, 7) is 0. The molecule has 0 saturated heterocycles. The van der Waals surface area contributed by atoms with E-state index in [1.165, 1.54) is 23.5 Å². The second-order valence-corrected chi connectivity index (χ2v) is 7.52. The summed E-state index contributed by atoms with van der Waals surface area (Å²) in [6.07, 6.45) is 1.85. The summed E-state index contributed by atoms with van der Waals surface area (Å²) in [5.41, 5.74) is 1.90. The third-order valence-electron chi connectivity index (χ3n) is 3.96. The Morgan fingerprint density at radius 2 is 2.04 bits per heavy atom. The first kappa shape index (κ1) is 16.7. The van der Waals surface area contributed by atoms with Gasteiger partial charge in [-0.25, -0.2) is 0 Å². The number of nitrogens with zero attached hydrogens (tertiary/aromatic N) is 5. The molecule has 4 rings (SSSR count). The zero-order chi connectivity index (χ0) is 18.1. The molecule has 0 saturated carbocycles. The monoisotopic (exact) mass is 379 g/mol. The minimum atomic E-state index is -0.215. The van der Waals surface area contributed by atoms with Gasteiger partial charge in [-0.2, -0.15) is 5.26 Å². The standard InChI is InChI=1S/C18H13N5OS2/c1-22-13-6-2-3-7-15(13)26-17(22)12(10-19)14(24)11-25-18-21-20-16-8-4-5-9-23(16)18/h2-9H,11H2,1H3/b17-12-. The van der Waals surface area contributed by atoms with Crippen LogP contribution in [0.1, 0.15) is 0 Å². The molecule has 1 aromatic carbocycles. The molecular formula is C18H13N5OS2. The van der Waals surface area contributed by atoms with Gasteiger partial charge in [0.05, 0.1) is 11.4 Å². The Balaban J connectivity index is 1.56. The molecule has 8 heteroatoms. The van der Waals surface area contributed by atoms with Crippen molar-refractivity contribution in [2.75, 3.05) is 17.7 Å². The number of anilines is 1. The maximum atomic E-state index is 12.7. The van der Waals surface area contributed by atoms with Crippen molar-refractivity contribution in [1.29, 1.82) is 5.26 Å². The Labute approximate surface area is 158 Å². The number of hydrogen-bond acceptors (Lipinski definition) is 7. The Bertz CT molecular complexity index is 1080. The van der Waals surface area contributed by atoms with Crippen molar-refractivity contribution >= 4 is 40.6 Å². The number of allylic oxidation sites excluding steroid dienone is 1. The topological polar surface area (TPSA) is 74.3 Å². The molecule has 1 aliphatic heterocycles. The lowest BCUT2D eigenvalue weighted by molar-refractivity contribution is -0.112. The van der Waals surface area contributed by atoms with Gasteiger partial charge in [-0.3, -0.25) is 9.20 Å². The van der Waals surface area contributed by atoms with Crippen LogP contribution >= 0.6 is 23.5 Å². The minimum Gasteiger partial charge on any atom is -0.337 e. The molecule has 2 aromatic heterocycles. The van der Waals surface area contributed by atoms with Crippen molar-refractivity contribution in [3.8, 4) is 6.07 Å². The number of pyridine rings is 1. The molecule has 0 aliphatic carbocycles. The summed E-state index contributed by atoms with van der Waals surface area (Å²) in [5.74, 6) is -0.0837. The van der Waals surface area contributed by atoms with Gasteiger partial charge in [0, 0.05) is 18.1 Å². The summed E-state index contributed by atoms with van der Waals surface area (Å²) in [5, 5.41) is 19.1. The molecule has 0 atom stereocenters. The third kappa shape index (κ3) is 2.85. The first-order valence-corrected chi connectivity index (χ1v) is 9.60. The van der Waals surface area contributed by atoms with Crippen LogP contribution in [0.2, 0.25) is 0 Å². The molecule has 1 aliphatic rings. The van der Waals surface area contributed by atoms with Crippen LogP contribution in [0.5, 0.6) is 0 Å². The highest BCUT2D eigenvalue weighted by molar-refractivity contribution is 8.03. The fourth-order valence-electron chi connectivity index (χ4n) is 2.67. The number of ketones is 1. The lowest BCUT2D eigenvalue weighted by Gasteiger charge is -2.14. The van der Waals surface area contributed by atoms with E-state index < -0.39 is 0 Å². The van der Waals surface area contributed by atoms with Gasteiger partial charge >= 0.3 is 0 Å². The average molecular weight is 379 g/mol. The van der Waals surface area contributed by atoms with Gasteiger partial charge in [0.1, 0.15) is 16.7 Å². The predicted molar refractivity (Wildman–Crippen MR) is 102 cm³/mol. The zero-order valence-electron chi connectivity index (χ0n) is 13.8. The lowest BCUT2D eigenvalue weighted by Crippen LogP contribution is -2.16. The van der Waals surface area contributed by atoms with Gasteiger partial charge in [0.15, 0.2) is 16.6 Å². The van der Waals surface area contributed by atoms with Crippen LogP contribution in [-0.2, 0) is 4.79 Å². The van der Waals surface area contributed by atoms with Gasteiger partial charge in [0.2, 0.25) is 0 Å². The SMILES string of the molecule is CN1/C(=C(\C#N)C(=O)CSc2nnc3ccccn23)Sc2ccccc21. The average Bonchev–Trinajstić information content (AvgIpc) is 3.23. The minimum absolute atomic E-state index is 0.132. The molecule has 0 unspecified atom stereocenters. The van der Waals surface area contributed by atoms with Gasteiger partial charge in [0.25, 0.3) is 0 Å². The zero-order valence-corrected chi connectivity index (χ0v) is 15.4. The van der Waals surface area contributed by atoms with Gasteiger partial charge in [-0.15, -0.1) is 10.2 Å². The highest BCUT2D eigenvalue weighted by Gasteiger charge is 2.28. The van der Waals surface area contributed by atoms with Crippen molar-refractivity contribution in [3.63, 3.8) is 0 Å². The number of para-hydroxylation sites is 1. The molecular weight excluding hydrogens is 366 g/mol. The van der Waals surface area contributed by atoms with Crippen LogP contribution < -0.4 is 4.90 Å². The molecule has 128 valence electrons. The van der Waals surface area contributed by atoms with Crippen molar-refractivity contribution in [2.24, 2.45) is 0 Å². The quantitative estimate of drug-likeness (QED) is 0.391. The first-order chi connectivity index (χ1) is 12.7. The van der Waals surface area contributed by atoms with E-state index in [-0.39, 0.29) is 17.1 Å². The van der Waals surface area contributed by atoms with Crippen molar-refractivity contribution in [3.05, 3.63) is 59.3 Å². The number of thioether (sulfide) groups is 2. The van der Waals surface area contributed by atoms with Crippen LogP contribution in [-0.4, -0.2) is 33.2 Å². The molecule has 6 nitrogen and oxygen atoms in total. The molecule has 0 spiro atoms. The summed E-state index contributed by atoms with van der Waals surface area (Å²) in [6, 6.07) is 15.6. The third-order valence-corrected chi connectivity index (χ3v) is 6.14. The van der Waals surface area contributed by atoms with Crippen molar-refractivity contribution in [2.45, 2.75) is 10.1 Å². The summed E-state index contributed by atoms with van der Waals surface area (Å²) < 4.78 is 1.82. The number of fused-ring (bicyclic) bond motifs is 2. The van der Waals surface area contributed by atoms with Crippen LogP contribution in [0, 0.1) is 11.3 Å². The van der Waals surface area contributed by atoms with Gasteiger partial charge in [-0.1, -0.05) is 41.7 Å². The molecule has 0 bridgehead atoms. The second-order valence-electron chi connectivity index (χ2n) is 5.54. The van der Waals surface area contributed by atoms with Gasteiger partial charge in [-0.05, 0) is 24.3 Å². The van der Waals surface area contributed by atoms with Crippen LogP contribution in [0.3, 0.4) is 0 Å². The van der Waals surface area contributed by atoms with Crippen LogP contribution in [0.4, 0.5) is 5.69 Å². The molecule has 0 radical (unpaired) electrons. The molecule has 0 N–H and O–H groups in total. The second kappa shape index (κ2) is 6.86. The maximum absolute atomic E-state index is 12.7. The number of carbonyl (C=O) groups is 1.